The number of aliphatic hydroxyl groups excluding tert-OH is 9. The number of amides is 10. The molecule has 0 radical (unpaired) electrons. The Kier molecular flexibility index (Phi) is 50.7. The predicted molar refractivity (Wildman–Crippen MR) is 404 cm³/mol. The first-order valence-corrected chi connectivity index (χ1v) is 39.7. The fourth-order valence-electron chi connectivity index (χ4n) is 13.7. The smallest absolute Gasteiger partial charge is 0.222 e. The maximum atomic E-state index is 13.9. The van der Waals surface area contributed by atoms with E-state index < -0.39 is 98.2 Å². The van der Waals surface area contributed by atoms with E-state index in [9.17, 15) is 98.7 Å². The minimum Gasteiger partial charge on any atom is -0.395 e. The molecule has 10 amide bonds. The van der Waals surface area contributed by atoms with Crippen molar-refractivity contribution in [3.63, 3.8) is 0 Å². The lowest BCUT2D eigenvalue weighted by Gasteiger charge is -2.45. The number of Topliss-reactive ketones (excluding diaryl/α,β-unsaturated/α-hetero) is 1. The number of hydrogen-bond donors (Lipinski definition) is 19. The van der Waals surface area contributed by atoms with Crippen molar-refractivity contribution >= 4 is 64.9 Å². The molecule has 0 saturated carbocycles. The van der Waals surface area contributed by atoms with E-state index in [2.05, 4.69) is 53.2 Å². The molecule has 634 valence electrons. The monoisotopic (exact) mass is 1570 g/mol. The number of likely N-dealkylation sites (tertiary alicyclic amines) is 3. The Bertz CT molecular complexity index is 2470. The van der Waals surface area contributed by atoms with Crippen molar-refractivity contribution in [2.24, 2.45) is 0 Å². The second kappa shape index (κ2) is 56.9. The Morgan fingerprint density at radius 2 is 0.564 bits per heavy atom. The van der Waals surface area contributed by atoms with Crippen molar-refractivity contribution in [2.45, 2.75) is 267 Å². The van der Waals surface area contributed by atoms with Gasteiger partial charge in [0, 0.05) is 131 Å². The van der Waals surface area contributed by atoms with Crippen LogP contribution < -0.4 is 53.2 Å². The van der Waals surface area contributed by atoms with Gasteiger partial charge in [-0.15, -0.1) is 0 Å². The van der Waals surface area contributed by atoms with E-state index in [1.165, 1.54) is 20.8 Å². The third-order valence-corrected chi connectivity index (χ3v) is 19.8. The number of ether oxygens (including phenoxy) is 3. The average molecular weight is 1570 g/mol. The lowest BCUT2D eigenvalue weighted by atomic mass is 9.92. The van der Waals surface area contributed by atoms with Crippen molar-refractivity contribution < 1.29 is 113 Å². The van der Waals surface area contributed by atoms with E-state index in [1.54, 1.807) is 21.6 Å². The number of piperidine rings is 3. The van der Waals surface area contributed by atoms with Crippen molar-refractivity contribution in [2.75, 3.05) is 138 Å². The second-order valence-corrected chi connectivity index (χ2v) is 29.4. The number of hydrogen-bond acceptors (Lipinski definition) is 26. The Balaban J connectivity index is 1.56. The molecular weight excluding hydrogens is 1440 g/mol. The van der Waals surface area contributed by atoms with Crippen LogP contribution in [0.2, 0.25) is 0 Å². The molecule has 3 rings (SSSR count). The number of nitrogens with one attached hydrogen (secondary N) is 10. The van der Waals surface area contributed by atoms with Crippen molar-refractivity contribution in [3.05, 3.63) is 0 Å². The molecule has 0 bridgehead atoms. The van der Waals surface area contributed by atoms with Gasteiger partial charge in [-0.2, -0.15) is 0 Å². The zero-order chi connectivity index (χ0) is 81.2. The topological polar surface area (TPSA) is 528 Å². The maximum absolute atomic E-state index is 13.9. The Morgan fingerprint density at radius 1 is 0.318 bits per heavy atom. The number of unbranched alkanes of at least 4 members (excludes halogenated alkanes) is 10. The van der Waals surface area contributed by atoms with Crippen LogP contribution in [0.3, 0.4) is 0 Å². The van der Waals surface area contributed by atoms with Crippen LogP contribution in [0.1, 0.15) is 188 Å². The van der Waals surface area contributed by atoms with Gasteiger partial charge in [0.1, 0.15) is 29.6 Å². The molecular formula is C74H135N13O23. The molecule has 0 aliphatic carbocycles. The van der Waals surface area contributed by atoms with Gasteiger partial charge in [-0.25, -0.2) is 0 Å². The number of carbonyl (C=O) groups excluding carboxylic acids is 11. The van der Waals surface area contributed by atoms with Gasteiger partial charge >= 0.3 is 0 Å². The van der Waals surface area contributed by atoms with Crippen LogP contribution in [-0.4, -0.2) is 342 Å². The quantitative estimate of drug-likeness (QED) is 0.0256. The molecule has 19 N–H and O–H groups in total. The number of aliphatic hydroxyl groups is 9. The van der Waals surface area contributed by atoms with Gasteiger partial charge in [-0.05, 0) is 97.2 Å². The summed E-state index contributed by atoms with van der Waals surface area (Å²) in [5.41, 5.74) is -1.39. The van der Waals surface area contributed by atoms with Gasteiger partial charge in [0.05, 0.1) is 114 Å². The highest BCUT2D eigenvalue weighted by Crippen LogP contribution is 2.24. The van der Waals surface area contributed by atoms with E-state index in [4.69, 9.17) is 14.2 Å². The summed E-state index contributed by atoms with van der Waals surface area (Å²) in [6.45, 7) is 6.79. The van der Waals surface area contributed by atoms with Crippen molar-refractivity contribution in [3.8, 4) is 0 Å². The molecule has 0 aromatic carbocycles. The Morgan fingerprint density at radius 3 is 0.827 bits per heavy atom. The van der Waals surface area contributed by atoms with E-state index in [-0.39, 0.29) is 208 Å². The van der Waals surface area contributed by atoms with Gasteiger partial charge in [-0.3, -0.25) is 62.6 Å². The van der Waals surface area contributed by atoms with E-state index in [1.807, 2.05) is 0 Å². The summed E-state index contributed by atoms with van der Waals surface area (Å²) >= 11 is 0. The first kappa shape index (κ1) is 98.0. The zero-order valence-electron chi connectivity index (χ0n) is 65.5. The Labute approximate surface area is 647 Å². The molecule has 0 spiro atoms. The summed E-state index contributed by atoms with van der Waals surface area (Å²) in [5, 5.41) is 121. The zero-order valence-corrected chi connectivity index (χ0v) is 65.5. The lowest BCUT2D eigenvalue weighted by Crippen LogP contribution is -2.66. The Hall–Kier alpha value is -6.23. The first-order chi connectivity index (χ1) is 52.6. The fourth-order valence-corrected chi connectivity index (χ4v) is 13.7. The molecule has 3 saturated heterocycles. The second-order valence-electron chi connectivity index (χ2n) is 29.4. The third kappa shape index (κ3) is 41.0. The maximum Gasteiger partial charge on any atom is 0.222 e. The highest BCUT2D eigenvalue weighted by atomic mass is 16.5. The van der Waals surface area contributed by atoms with Crippen LogP contribution in [0.4, 0.5) is 0 Å². The first-order valence-electron chi connectivity index (χ1n) is 39.7. The molecule has 12 atom stereocenters. The van der Waals surface area contributed by atoms with Gasteiger partial charge in [0.2, 0.25) is 59.1 Å². The van der Waals surface area contributed by atoms with Crippen LogP contribution in [0.5, 0.6) is 0 Å². The van der Waals surface area contributed by atoms with Crippen molar-refractivity contribution in [1.29, 1.82) is 0 Å². The van der Waals surface area contributed by atoms with E-state index in [0.29, 0.717) is 90.3 Å². The van der Waals surface area contributed by atoms with Gasteiger partial charge in [0.25, 0.3) is 0 Å². The summed E-state index contributed by atoms with van der Waals surface area (Å²) in [6.07, 6.45) is 4.94. The SMILES string of the molecule is CC(=O)CCCCCCCCCCC(=O)NC(COCCC(=O)NCCCNC(=O)CCCCN1CC(NC(C)=O)C(O)[C@@H](O)C1CO)(COCCC(=O)NCCCNC(=O)CCCCN1CC(NC(C)=O)C(O)[C@@H](O)C1CO)COCCC(=O)NCCCNC(=O)CCCCN1CC(NC(C)=O)C(O)[C@@H](O)C1CO. The summed E-state index contributed by atoms with van der Waals surface area (Å²) in [4.78, 5) is 143. The minimum atomic E-state index is -1.39. The highest BCUT2D eigenvalue weighted by molar-refractivity contribution is 5.79. The van der Waals surface area contributed by atoms with Crippen LogP contribution in [-0.2, 0) is 67.0 Å². The summed E-state index contributed by atoms with van der Waals surface area (Å²) in [7, 11) is 0. The predicted octanol–water partition coefficient (Wildman–Crippen LogP) is -4.36. The lowest BCUT2D eigenvalue weighted by molar-refractivity contribution is -0.130. The summed E-state index contributed by atoms with van der Waals surface area (Å²) in [5.74, 6) is -2.91. The number of carbonyl (C=O) groups is 11. The van der Waals surface area contributed by atoms with Crippen molar-refractivity contribution in [1.82, 2.24) is 67.9 Å². The molecule has 3 aliphatic rings. The number of rotatable bonds is 60. The van der Waals surface area contributed by atoms with Crippen LogP contribution in [0.15, 0.2) is 0 Å². The fraction of sp³-hybridized carbons (Fsp3) is 0.851. The molecule has 0 aromatic rings. The highest BCUT2D eigenvalue weighted by Gasteiger charge is 2.45. The molecule has 36 heteroatoms. The molecule has 0 aromatic heterocycles. The molecule has 3 fully saturated rings. The number of nitrogens with zero attached hydrogens (tertiary/aromatic N) is 3. The van der Waals surface area contributed by atoms with E-state index in [0.717, 1.165) is 44.9 Å². The average Bonchev–Trinajstić information content (AvgIpc) is 0.818. The molecule has 110 heavy (non-hydrogen) atoms. The van der Waals surface area contributed by atoms with Crippen LogP contribution >= 0.6 is 0 Å². The summed E-state index contributed by atoms with van der Waals surface area (Å²) < 4.78 is 18.3. The van der Waals surface area contributed by atoms with Crippen LogP contribution in [0, 0.1) is 0 Å². The molecule has 3 heterocycles. The molecule has 36 nitrogen and oxygen atoms in total. The van der Waals surface area contributed by atoms with Gasteiger partial charge < -0.3 is 118 Å². The normalized spacial score (nSPS) is 22.9. The van der Waals surface area contributed by atoms with Gasteiger partial charge in [-0.1, -0.05) is 38.5 Å². The molecule has 9 unspecified atom stereocenters. The largest absolute Gasteiger partial charge is 0.395 e. The van der Waals surface area contributed by atoms with Crippen LogP contribution in [0.25, 0.3) is 0 Å². The van der Waals surface area contributed by atoms with E-state index >= 15 is 0 Å². The number of ketones is 1. The summed E-state index contributed by atoms with van der Waals surface area (Å²) in [6, 6.07) is -4.36. The minimum absolute atomic E-state index is 0.0828. The molecule has 3 aliphatic heterocycles. The standard InChI is InChI=1S/C74H135N13O23/c1-51(91)22-11-9-7-5-6-8-10-12-26-67(101)84-74(48-108-39-27-64(98)78-33-19-30-75-61(95)23-13-16-36-85-42-55(81-52(2)92)68(102)71(105)58(85)45-88,49-109-40-28-65(99)79-34-20-31-76-62(96)24-14-17-37-86-43-56(82-53(3)93)69(103)72(106)59(86)46-89)50-110-41-29-66(100)80-35-21-32-77-63(97)25-15-18-38-87-44-57(83-54(4)94)70(104)73(107)60(87)47-90/h55-60,68-73,88-90,102-107H,5-50H2,1-4H3,(H,75,95)(H,76,96)(H,77,97)(H,78,98)(H,79,99)(H,80,100)(H,81,92)(H,82,93)(H,83,94)(H,84,101)/t55?,56?,57?,58?,59?,60?,68?,69?,70?,71-,72-,73-,74?/m0/s1. The third-order valence-electron chi connectivity index (χ3n) is 19.8. The van der Waals surface area contributed by atoms with Gasteiger partial charge in [0.15, 0.2) is 0 Å².